The molecule has 14 rings (SSSR count). The third-order valence-corrected chi connectivity index (χ3v) is 24.6. The number of hydrogen-bond donors (Lipinski definition) is 0. The van der Waals surface area contributed by atoms with E-state index in [-0.39, 0.29) is 53.9 Å². The standard InChI is InChI=1S/C26H19S.C25H30NOS.C22H17S.C12H10I/c1-2-14-22(15-3-1)27(25-18-8-12-20-10-4-6-16-23(20)25)26-19-9-13-21-11-5-7-17-24(21)26;1-20-18-24(19-21(2)25(20)27-17-11-16-26(3)4)28(22-12-7-5-8-13-22)23-14-9-6-10-15-23;1-3-12-19(13-4-1)23(20-14-5-2-6-15-20)22-17-9-11-18-10-7-8-16-21(18)22;1-3-7-11(8-4-1)13-12-9-5-2-6-10-12/h1-19H;5-10,12-15,18-19H,11,16-17H2,1-4H3;1-17H;1-10H/q4*+1. The van der Waals surface area contributed by atoms with Crippen molar-refractivity contribution in [3.63, 3.8) is 0 Å². The topological polar surface area (TPSA) is 12.5 Å². The largest absolute Gasteiger partial charge is 0.493 e. The Balaban J connectivity index is 0.000000128. The van der Waals surface area contributed by atoms with Gasteiger partial charge in [0.05, 0.1) is 28.4 Å². The van der Waals surface area contributed by atoms with Gasteiger partial charge in [0, 0.05) is 34.8 Å². The monoisotopic (exact) mass is 1350 g/mol. The zero-order valence-corrected chi connectivity index (χ0v) is 56.7. The summed E-state index contributed by atoms with van der Waals surface area (Å²) in [7, 11) is 3.82. The number of benzene rings is 14. The van der Waals surface area contributed by atoms with Crippen molar-refractivity contribution in [2.75, 3.05) is 27.2 Å². The lowest BCUT2D eigenvalue weighted by atomic mass is 10.1. The molecule has 0 radical (unpaired) electrons. The quantitative estimate of drug-likeness (QED) is 0.0543. The smallest absolute Gasteiger partial charge is 0.357 e. The first-order valence-electron chi connectivity index (χ1n) is 30.9. The maximum Gasteiger partial charge on any atom is 0.357 e. The van der Waals surface area contributed by atoms with E-state index in [9.17, 15) is 0 Å². The summed E-state index contributed by atoms with van der Waals surface area (Å²) in [5.74, 6) is 1.03. The Kier molecular flexibility index (Phi) is 23.1. The second kappa shape index (κ2) is 32.9. The summed E-state index contributed by atoms with van der Waals surface area (Å²) in [6.45, 7) is 6.12. The summed E-state index contributed by atoms with van der Waals surface area (Å²) in [5.41, 5.74) is 2.42. The first-order valence-corrected chi connectivity index (χ1v) is 36.7. The van der Waals surface area contributed by atoms with Crippen molar-refractivity contribution in [2.45, 2.75) is 64.3 Å². The van der Waals surface area contributed by atoms with Gasteiger partial charge in [0.25, 0.3) is 0 Å². The van der Waals surface area contributed by atoms with Crippen LogP contribution in [0.1, 0.15) is 17.5 Å². The first-order chi connectivity index (χ1) is 44.9. The van der Waals surface area contributed by atoms with Gasteiger partial charge in [0.1, 0.15) is 16.6 Å². The van der Waals surface area contributed by atoms with E-state index >= 15 is 0 Å². The van der Waals surface area contributed by atoms with E-state index in [2.05, 4.69) is 385 Å². The molecule has 0 spiro atoms. The van der Waals surface area contributed by atoms with Gasteiger partial charge in [0.15, 0.2) is 51.2 Å². The Morgan fingerprint density at radius 3 is 0.934 bits per heavy atom. The van der Waals surface area contributed by atoms with Crippen molar-refractivity contribution in [1.29, 1.82) is 0 Å². The van der Waals surface area contributed by atoms with E-state index in [4.69, 9.17) is 4.74 Å². The number of ether oxygens (including phenoxy) is 1. The molecular formula is C85H76INOS3+4. The Morgan fingerprint density at radius 2 is 0.582 bits per heavy atom. The van der Waals surface area contributed by atoms with Crippen molar-refractivity contribution in [3.05, 3.63) is 370 Å². The van der Waals surface area contributed by atoms with Crippen LogP contribution in [-0.2, 0) is 32.7 Å². The molecule has 14 aromatic carbocycles. The van der Waals surface area contributed by atoms with E-state index in [1.54, 1.807) is 0 Å². The molecule has 0 bridgehead atoms. The molecule has 0 aliphatic heterocycles. The molecular weight excluding hydrogens is 1270 g/mol. The molecule has 0 aliphatic carbocycles. The number of fused-ring (bicyclic) bond motifs is 3. The lowest BCUT2D eigenvalue weighted by Gasteiger charge is -2.15. The van der Waals surface area contributed by atoms with Crippen LogP contribution in [0.25, 0.3) is 32.3 Å². The SMILES string of the molecule is Cc1cc([S+](c2ccccc2)c2ccccc2)cc(C)c1OCCCN(C)C.c1ccc([I+]c2ccccc2)cc1.c1ccc([S+](c2cccc3ccccc23)c2cccc3ccccc23)cc1.c1ccc([S+](c2ccccc2)c2cccc3ccccc23)cc1. The van der Waals surface area contributed by atoms with Gasteiger partial charge in [0.2, 0.25) is 0 Å². The van der Waals surface area contributed by atoms with Crippen LogP contribution in [0.15, 0.2) is 396 Å². The van der Waals surface area contributed by atoms with Crippen LogP contribution in [-0.4, -0.2) is 32.1 Å². The fraction of sp³-hybridized carbons (Fsp3) is 0.0824. The average molecular weight is 1350 g/mol. The summed E-state index contributed by atoms with van der Waals surface area (Å²) in [5, 5.41) is 7.90. The van der Waals surface area contributed by atoms with Crippen molar-refractivity contribution >= 4 is 65.0 Å². The van der Waals surface area contributed by atoms with Gasteiger partial charge < -0.3 is 9.64 Å². The highest BCUT2D eigenvalue weighted by molar-refractivity contribution is 7.98. The van der Waals surface area contributed by atoms with Crippen LogP contribution in [0, 0.1) is 21.0 Å². The highest BCUT2D eigenvalue weighted by Gasteiger charge is 2.33. The molecule has 2 nitrogen and oxygen atoms in total. The summed E-state index contributed by atoms with van der Waals surface area (Å²) >= 11 is 0.0287. The van der Waals surface area contributed by atoms with Crippen LogP contribution in [0.4, 0.5) is 0 Å². The van der Waals surface area contributed by atoms with Gasteiger partial charge in [-0.15, -0.1) is 0 Å². The summed E-state index contributed by atoms with van der Waals surface area (Å²) in [6, 6.07) is 126. The van der Waals surface area contributed by atoms with Gasteiger partial charge in [-0.2, -0.15) is 0 Å². The zero-order chi connectivity index (χ0) is 62.4. The highest BCUT2D eigenvalue weighted by Crippen LogP contribution is 2.40. The second-order valence-corrected chi connectivity index (χ2v) is 31.0. The summed E-state index contributed by atoms with van der Waals surface area (Å²) in [6.07, 6.45) is 1.03. The Bertz CT molecular complexity index is 4270. The molecule has 0 saturated heterocycles. The van der Waals surface area contributed by atoms with E-state index in [1.807, 2.05) is 0 Å². The predicted molar refractivity (Wildman–Crippen MR) is 385 cm³/mol. The third-order valence-electron chi connectivity index (χ3n) is 15.2. The summed E-state index contributed by atoms with van der Waals surface area (Å²) < 4.78 is 9.10. The van der Waals surface area contributed by atoms with E-state index < -0.39 is 0 Å². The van der Waals surface area contributed by atoms with Crippen LogP contribution in [0.5, 0.6) is 5.75 Å². The van der Waals surface area contributed by atoms with Gasteiger partial charge in [-0.05, 0) is 183 Å². The third kappa shape index (κ3) is 17.1. The fourth-order valence-electron chi connectivity index (χ4n) is 11.0. The highest BCUT2D eigenvalue weighted by atomic mass is 127. The van der Waals surface area contributed by atoms with Gasteiger partial charge in [-0.3, -0.25) is 0 Å². The Morgan fingerprint density at radius 1 is 0.297 bits per heavy atom. The first kappa shape index (κ1) is 63.9. The minimum absolute atomic E-state index is 0.0287. The number of nitrogens with zero attached hydrogens (tertiary/aromatic N) is 1. The Hall–Kier alpha value is -8.60. The van der Waals surface area contributed by atoms with Gasteiger partial charge in [-0.25, -0.2) is 0 Å². The molecule has 0 N–H and O–H groups in total. The minimum atomic E-state index is -0.164. The molecule has 0 heterocycles. The van der Waals surface area contributed by atoms with E-state index in [0.29, 0.717) is 0 Å². The van der Waals surface area contributed by atoms with Crippen molar-refractivity contribution in [2.24, 2.45) is 0 Å². The number of aryl methyl sites for hydroxylation is 2. The molecule has 0 fully saturated rings. The molecule has 0 saturated carbocycles. The molecule has 0 aliphatic rings. The Labute approximate surface area is 558 Å². The van der Waals surface area contributed by atoms with Crippen molar-refractivity contribution in [1.82, 2.24) is 4.90 Å². The maximum atomic E-state index is 6.14. The molecule has 448 valence electrons. The van der Waals surface area contributed by atoms with Crippen LogP contribution >= 0.6 is 0 Å². The van der Waals surface area contributed by atoms with E-state index in [1.165, 1.54) is 94.6 Å². The second-order valence-electron chi connectivity index (χ2n) is 22.0. The van der Waals surface area contributed by atoms with Gasteiger partial charge in [-0.1, -0.05) is 218 Å². The number of halogens is 1. The lowest BCUT2D eigenvalue weighted by Crippen LogP contribution is -3.61. The van der Waals surface area contributed by atoms with Crippen molar-refractivity contribution < 1.29 is 25.9 Å². The predicted octanol–water partition coefficient (Wildman–Crippen LogP) is 18.6. The number of hydrogen-bond acceptors (Lipinski definition) is 2. The normalized spacial score (nSPS) is 11.0. The lowest BCUT2D eigenvalue weighted by molar-refractivity contribution is -0.597. The van der Waals surface area contributed by atoms with Crippen LogP contribution in [0.3, 0.4) is 0 Å². The number of rotatable bonds is 16. The van der Waals surface area contributed by atoms with Crippen LogP contribution < -0.4 is 25.9 Å². The minimum Gasteiger partial charge on any atom is -0.493 e. The fourth-order valence-corrected chi connectivity index (χ4v) is 20.2. The van der Waals surface area contributed by atoms with Crippen molar-refractivity contribution in [3.8, 4) is 5.75 Å². The molecule has 0 aromatic heterocycles. The molecule has 91 heavy (non-hydrogen) atoms. The maximum absolute atomic E-state index is 6.14. The molecule has 0 unspecified atom stereocenters. The molecule has 0 atom stereocenters. The molecule has 6 heteroatoms. The zero-order valence-electron chi connectivity index (χ0n) is 52.1. The average Bonchev–Trinajstić information content (AvgIpc) is 2.85. The van der Waals surface area contributed by atoms with Gasteiger partial charge >= 0.3 is 21.2 Å². The molecule has 0 amide bonds. The summed E-state index contributed by atoms with van der Waals surface area (Å²) in [4.78, 5) is 14.4. The molecule has 14 aromatic rings. The van der Waals surface area contributed by atoms with Crippen LogP contribution in [0.2, 0.25) is 0 Å². The van der Waals surface area contributed by atoms with E-state index in [0.717, 1.165) is 25.3 Å².